The maximum Gasteiger partial charge on any atom is 0.330 e. The van der Waals surface area contributed by atoms with Crippen LogP contribution in [0, 0.1) is 0 Å². The quantitative estimate of drug-likeness (QED) is 0.601. The van der Waals surface area contributed by atoms with Crippen LogP contribution >= 0.6 is 23.2 Å². The normalized spacial score (nSPS) is 10.6. The molecule has 1 aromatic carbocycles. The van der Waals surface area contributed by atoms with Gasteiger partial charge in [-0.05, 0) is 36.8 Å². The number of rotatable bonds is 3. The highest BCUT2D eigenvalue weighted by molar-refractivity contribution is 6.34. The van der Waals surface area contributed by atoms with E-state index in [0.717, 1.165) is 0 Å². The lowest BCUT2D eigenvalue weighted by Crippen LogP contribution is -1.98. The number of benzene rings is 1. The molecular weight excluding hydrogens is 235 g/mol. The summed E-state index contributed by atoms with van der Waals surface area (Å²) < 4.78 is 4.73. The summed E-state index contributed by atoms with van der Waals surface area (Å²) in [5.74, 6) is -0.395. The molecule has 0 heterocycles. The van der Waals surface area contributed by atoms with E-state index in [1.54, 1.807) is 31.2 Å². The molecule has 0 aliphatic carbocycles. The van der Waals surface area contributed by atoms with E-state index in [2.05, 4.69) is 0 Å². The molecule has 0 aliphatic heterocycles. The Morgan fingerprint density at radius 3 is 2.87 bits per heavy atom. The molecule has 0 fully saturated rings. The third kappa shape index (κ3) is 3.94. The molecule has 0 aromatic heterocycles. The Labute approximate surface area is 98.4 Å². The number of ether oxygens (including phenoxy) is 1. The second kappa shape index (κ2) is 5.79. The molecule has 1 rings (SSSR count). The molecule has 0 atom stereocenters. The molecule has 0 bridgehead atoms. The van der Waals surface area contributed by atoms with Crippen LogP contribution in [0.3, 0.4) is 0 Å². The predicted octanol–water partition coefficient (Wildman–Crippen LogP) is 3.57. The topological polar surface area (TPSA) is 26.3 Å². The van der Waals surface area contributed by atoms with Crippen molar-refractivity contribution in [3.63, 3.8) is 0 Å². The lowest BCUT2D eigenvalue weighted by molar-refractivity contribution is -0.137. The van der Waals surface area contributed by atoms with Gasteiger partial charge in [0.1, 0.15) is 0 Å². The van der Waals surface area contributed by atoms with E-state index in [4.69, 9.17) is 27.9 Å². The van der Waals surface area contributed by atoms with Gasteiger partial charge in [-0.2, -0.15) is 0 Å². The van der Waals surface area contributed by atoms with Crippen LogP contribution in [0.15, 0.2) is 24.3 Å². The van der Waals surface area contributed by atoms with E-state index < -0.39 is 5.97 Å². The Kier molecular flexibility index (Phi) is 4.66. The summed E-state index contributed by atoms with van der Waals surface area (Å²) >= 11 is 11.7. The zero-order valence-corrected chi connectivity index (χ0v) is 9.68. The molecule has 15 heavy (non-hydrogen) atoms. The minimum Gasteiger partial charge on any atom is -0.463 e. The van der Waals surface area contributed by atoms with Crippen molar-refractivity contribution in [1.82, 2.24) is 0 Å². The fourth-order valence-electron chi connectivity index (χ4n) is 0.991. The average Bonchev–Trinajstić information content (AvgIpc) is 2.20. The van der Waals surface area contributed by atoms with Crippen LogP contribution in [0.25, 0.3) is 6.08 Å². The van der Waals surface area contributed by atoms with Gasteiger partial charge < -0.3 is 4.74 Å². The molecule has 0 unspecified atom stereocenters. The molecule has 0 spiro atoms. The first-order chi connectivity index (χ1) is 7.13. The van der Waals surface area contributed by atoms with Crippen molar-refractivity contribution in [2.45, 2.75) is 6.92 Å². The molecule has 1 aromatic rings. The molecule has 0 N–H and O–H groups in total. The van der Waals surface area contributed by atoms with Gasteiger partial charge in [-0.1, -0.05) is 23.2 Å². The fourth-order valence-corrected chi connectivity index (χ4v) is 1.35. The summed E-state index contributed by atoms with van der Waals surface area (Å²) in [4.78, 5) is 11.0. The Morgan fingerprint density at radius 2 is 2.20 bits per heavy atom. The molecule has 0 saturated heterocycles. The lowest BCUT2D eigenvalue weighted by Gasteiger charge is -1.99. The molecule has 0 radical (unpaired) electrons. The molecule has 0 aliphatic rings. The molecule has 0 saturated carbocycles. The summed E-state index contributed by atoms with van der Waals surface area (Å²) in [6.07, 6.45) is 2.90. The van der Waals surface area contributed by atoms with E-state index in [9.17, 15) is 4.79 Å². The second-order valence-corrected chi connectivity index (χ2v) is 3.59. The van der Waals surface area contributed by atoms with Gasteiger partial charge >= 0.3 is 5.97 Å². The van der Waals surface area contributed by atoms with Gasteiger partial charge in [0.25, 0.3) is 0 Å². The SMILES string of the molecule is CCOC(=O)C=Cc1cc(Cl)ccc1Cl. The van der Waals surface area contributed by atoms with Crippen LogP contribution < -0.4 is 0 Å². The van der Waals surface area contributed by atoms with Crippen LogP contribution in [0.5, 0.6) is 0 Å². The first-order valence-electron chi connectivity index (χ1n) is 4.43. The molecule has 2 nitrogen and oxygen atoms in total. The minimum atomic E-state index is -0.395. The molecule has 80 valence electrons. The third-order valence-corrected chi connectivity index (χ3v) is 2.22. The van der Waals surface area contributed by atoms with E-state index >= 15 is 0 Å². The van der Waals surface area contributed by atoms with Gasteiger partial charge in [-0.3, -0.25) is 0 Å². The number of halogens is 2. The Hall–Kier alpha value is -0.990. The largest absolute Gasteiger partial charge is 0.463 e. The van der Waals surface area contributed by atoms with Crippen molar-refractivity contribution in [1.29, 1.82) is 0 Å². The summed E-state index contributed by atoms with van der Waals surface area (Å²) in [6.45, 7) is 2.10. The standard InChI is InChI=1S/C11H10Cl2O2/c1-2-15-11(14)6-3-8-7-9(12)4-5-10(8)13/h3-7H,2H2,1H3. The summed E-state index contributed by atoms with van der Waals surface area (Å²) in [5, 5.41) is 1.11. The number of esters is 1. The Bertz CT molecular complexity index is 386. The van der Waals surface area contributed by atoms with Crippen LogP contribution in [0.1, 0.15) is 12.5 Å². The van der Waals surface area contributed by atoms with E-state index in [1.165, 1.54) is 6.08 Å². The lowest BCUT2D eigenvalue weighted by atomic mass is 10.2. The van der Waals surface area contributed by atoms with Crippen molar-refractivity contribution < 1.29 is 9.53 Å². The van der Waals surface area contributed by atoms with Crippen molar-refractivity contribution >= 4 is 35.2 Å². The van der Waals surface area contributed by atoms with Crippen LogP contribution in [-0.4, -0.2) is 12.6 Å². The fraction of sp³-hybridized carbons (Fsp3) is 0.182. The van der Waals surface area contributed by atoms with Gasteiger partial charge in [0, 0.05) is 16.1 Å². The molecule has 4 heteroatoms. The van der Waals surface area contributed by atoms with Crippen molar-refractivity contribution in [2.75, 3.05) is 6.61 Å². The number of carbonyl (C=O) groups is 1. The maximum absolute atomic E-state index is 11.0. The van der Waals surface area contributed by atoms with Crippen LogP contribution in [-0.2, 0) is 9.53 Å². The van der Waals surface area contributed by atoms with Gasteiger partial charge in [0.05, 0.1) is 6.61 Å². The summed E-state index contributed by atoms with van der Waals surface area (Å²) in [6, 6.07) is 5.04. The van der Waals surface area contributed by atoms with E-state index in [-0.39, 0.29) is 0 Å². The second-order valence-electron chi connectivity index (χ2n) is 2.75. The van der Waals surface area contributed by atoms with Gasteiger partial charge in [0.15, 0.2) is 0 Å². The highest BCUT2D eigenvalue weighted by Gasteiger charge is 1.99. The molecule has 0 amide bonds. The Morgan fingerprint density at radius 1 is 1.47 bits per heavy atom. The Balaban J connectivity index is 2.79. The van der Waals surface area contributed by atoms with Gasteiger partial charge in [0.2, 0.25) is 0 Å². The third-order valence-electron chi connectivity index (χ3n) is 1.64. The predicted molar refractivity (Wildman–Crippen MR) is 62.1 cm³/mol. The summed E-state index contributed by atoms with van der Waals surface area (Å²) in [5.41, 5.74) is 0.692. The van der Waals surface area contributed by atoms with Gasteiger partial charge in [-0.15, -0.1) is 0 Å². The molecular formula is C11H10Cl2O2. The maximum atomic E-state index is 11.0. The zero-order chi connectivity index (χ0) is 11.3. The van der Waals surface area contributed by atoms with Crippen molar-refractivity contribution in [3.8, 4) is 0 Å². The highest BCUT2D eigenvalue weighted by atomic mass is 35.5. The monoisotopic (exact) mass is 244 g/mol. The first kappa shape index (κ1) is 12.1. The number of hydrogen-bond donors (Lipinski definition) is 0. The number of hydrogen-bond acceptors (Lipinski definition) is 2. The minimum absolute atomic E-state index is 0.354. The van der Waals surface area contributed by atoms with Crippen LogP contribution in [0.4, 0.5) is 0 Å². The zero-order valence-electron chi connectivity index (χ0n) is 8.17. The van der Waals surface area contributed by atoms with E-state index in [1.807, 2.05) is 0 Å². The van der Waals surface area contributed by atoms with E-state index in [0.29, 0.717) is 22.2 Å². The summed E-state index contributed by atoms with van der Waals surface area (Å²) in [7, 11) is 0. The average molecular weight is 245 g/mol. The smallest absolute Gasteiger partial charge is 0.330 e. The van der Waals surface area contributed by atoms with Gasteiger partial charge in [-0.25, -0.2) is 4.79 Å². The van der Waals surface area contributed by atoms with Crippen molar-refractivity contribution in [2.24, 2.45) is 0 Å². The van der Waals surface area contributed by atoms with Crippen LogP contribution in [0.2, 0.25) is 10.0 Å². The first-order valence-corrected chi connectivity index (χ1v) is 5.19. The highest BCUT2D eigenvalue weighted by Crippen LogP contribution is 2.21. The number of carbonyl (C=O) groups excluding carboxylic acids is 1. The van der Waals surface area contributed by atoms with Crippen molar-refractivity contribution in [3.05, 3.63) is 39.9 Å².